The summed E-state index contributed by atoms with van der Waals surface area (Å²) in [5.41, 5.74) is 1.92. The molecule has 0 aromatic rings. The lowest BCUT2D eigenvalue weighted by molar-refractivity contribution is -0.115. The van der Waals surface area contributed by atoms with E-state index >= 15 is 0 Å². The van der Waals surface area contributed by atoms with E-state index in [9.17, 15) is 10.1 Å². The van der Waals surface area contributed by atoms with Crippen molar-refractivity contribution < 1.29 is 4.79 Å². The maximum Gasteiger partial charge on any atom is 0.157 e. The molecule has 0 radical (unpaired) electrons. The maximum absolute atomic E-state index is 11.5. The zero-order valence-electron chi connectivity index (χ0n) is 11.7. The smallest absolute Gasteiger partial charge is 0.157 e. The second kappa shape index (κ2) is 6.05. The predicted octanol–water partition coefficient (Wildman–Crippen LogP) is 3.64. The van der Waals surface area contributed by atoms with Gasteiger partial charge in [0, 0.05) is 29.4 Å². The highest BCUT2D eigenvalue weighted by Crippen LogP contribution is 2.47. The van der Waals surface area contributed by atoms with Crippen molar-refractivity contribution in [1.82, 2.24) is 5.32 Å². The Hall–Kier alpha value is -1.21. The first-order chi connectivity index (χ1) is 9.78. The van der Waals surface area contributed by atoms with Crippen molar-refractivity contribution in [2.75, 3.05) is 0 Å². The molecule has 0 spiro atoms. The Labute approximate surface area is 124 Å². The van der Waals surface area contributed by atoms with Crippen molar-refractivity contribution in [1.29, 1.82) is 5.26 Å². The number of allylic oxidation sites excluding steroid dienone is 3. The minimum Gasteiger partial charge on any atom is -0.353 e. The fraction of sp³-hybridized carbons (Fsp3) is 0.625. The molecule has 0 aromatic heterocycles. The molecule has 1 saturated carbocycles. The summed E-state index contributed by atoms with van der Waals surface area (Å²) in [7, 11) is 0. The molecule has 1 heterocycles. The number of thioether (sulfide) groups is 1. The normalized spacial score (nSPS) is 30.4. The Morgan fingerprint density at radius 1 is 1.20 bits per heavy atom. The van der Waals surface area contributed by atoms with Gasteiger partial charge in [0.15, 0.2) is 5.78 Å². The third-order valence-electron chi connectivity index (χ3n) is 4.44. The van der Waals surface area contributed by atoms with Crippen LogP contribution in [0.5, 0.6) is 0 Å². The molecule has 0 aromatic carbocycles. The van der Waals surface area contributed by atoms with Crippen LogP contribution < -0.4 is 5.32 Å². The molecular formula is C16H20N2OS. The van der Waals surface area contributed by atoms with Crippen LogP contribution in [0.4, 0.5) is 0 Å². The number of fused-ring (bicyclic) bond motifs is 1. The molecule has 4 heteroatoms. The summed E-state index contributed by atoms with van der Waals surface area (Å²) in [5, 5.41) is 14.5. The van der Waals surface area contributed by atoms with E-state index in [-0.39, 0.29) is 5.78 Å². The molecule has 106 valence electrons. The van der Waals surface area contributed by atoms with Crippen molar-refractivity contribution in [3.63, 3.8) is 0 Å². The second-order valence-corrected chi connectivity index (χ2v) is 7.12. The molecule has 0 unspecified atom stereocenters. The van der Waals surface area contributed by atoms with Crippen molar-refractivity contribution in [2.45, 2.75) is 56.6 Å². The molecule has 1 aliphatic heterocycles. The van der Waals surface area contributed by atoms with Gasteiger partial charge in [-0.25, -0.2) is 0 Å². The number of hydrogen-bond donors (Lipinski definition) is 1. The fourth-order valence-electron chi connectivity index (χ4n) is 3.39. The van der Waals surface area contributed by atoms with E-state index in [0.717, 1.165) is 35.6 Å². The summed E-state index contributed by atoms with van der Waals surface area (Å²) >= 11 is 1.83. The van der Waals surface area contributed by atoms with Crippen molar-refractivity contribution in [3.8, 4) is 6.07 Å². The van der Waals surface area contributed by atoms with Crippen LogP contribution in [0.1, 0.15) is 51.4 Å². The first-order valence-corrected chi connectivity index (χ1v) is 8.47. The Kier molecular flexibility index (Phi) is 4.16. The summed E-state index contributed by atoms with van der Waals surface area (Å²) < 4.78 is 0. The van der Waals surface area contributed by atoms with Crippen LogP contribution >= 0.6 is 11.8 Å². The van der Waals surface area contributed by atoms with Crippen LogP contribution in [0, 0.1) is 17.2 Å². The summed E-state index contributed by atoms with van der Waals surface area (Å²) in [4.78, 5) is 11.5. The zero-order valence-corrected chi connectivity index (χ0v) is 12.5. The molecule has 3 rings (SSSR count). The zero-order chi connectivity index (χ0) is 13.9. The Bertz CT molecular complexity index is 515. The molecule has 1 fully saturated rings. The van der Waals surface area contributed by atoms with E-state index in [1.807, 2.05) is 11.8 Å². The van der Waals surface area contributed by atoms with Gasteiger partial charge in [-0.2, -0.15) is 5.26 Å². The molecule has 3 aliphatic rings. The van der Waals surface area contributed by atoms with Crippen LogP contribution in [0.25, 0.3) is 0 Å². The molecule has 0 bridgehead atoms. The monoisotopic (exact) mass is 288 g/mol. The van der Waals surface area contributed by atoms with E-state index in [1.54, 1.807) is 6.08 Å². The number of ketones is 1. The molecule has 2 aliphatic carbocycles. The molecule has 2 atom stereocenters. The number of nitrogens with one attached hydrogen (secondary N) is 1. The standard InChI is InChI=1S/C16H20N2OS/c17-10-14-13-7-2-1-3-8-15(13)20-16(14)18-11-5-4-6-12(19)9-11/h9,13,15,18H,1-8H2/t13-,15+/m0/s1. The van der Waals surface area contributed by atoms with Crippen molar-refractivity contribution >= 4 is 17.5 Å². The predicted molar refractivity (Wildman–Crippen MR) is 80.7 cm³/mol. The first-order valence-electron chi connectivity index (χ1n) is 7.59. The minimum absolute atomic E-state index is 0.204. The summed E-state index contributed by atoms with van der Waals surface area (Å²) in [6.45, 7) is 0. The van der Waals surface area contributed by atoms with Crippen LogP contribution in [0.15, 0.2) is 22.4 Å². The van der Waals surface area contributed by atoms with Gasteiger partial charge in [-0.1, -0.05) is 19.3 Å². The topological polar surface area (TPSA) is 52.9 Å². The molecule has 0 saturated heterocycles. The van der Waals surface area contributed by atoms with Crippen LogP contribution in [-0.2, 0) is 4.79 Å². The minimum atomic E-state index is 0.204. The fourth-order valence-corrected chi connectivity index (χ4v) is 4.93. The third kappa shape index (κ3) is 2.78. The second-order valence-electron chi connectivity index (χ2n) is 5.87. The SMILES string of the molecule is N#CC1=C(NC2=CC(=O)CCC2)S[C@@H]2CCCCC[C@@H]12. The third-order valence-corrected chi connectivity index (χ3v) is 5.86. The van der Waals surface area contributed by atoms with E-state index in [1.165, 1.54) is 25.7 Å². The van der Waals surface area contributed by atoms with E-state index in [0.29, 0.717) is 17.6 Å². The average molecular weight is 288 g/mol. The van der Waals surface area contributed by atoms with Gasteiger partial charge < -0.3 is 5.32 Å². The lowest BCUT2D eigenvalue weighted by Gasteiger charge is -2.16. The van der Waals surface area contributed by atoms with Crippen LogP contribution in [0.2, 0.25) is 0 Å². The lowest BCUT2D eigenvalue weighted by atomic mass is 9.92. The molecule has 20 heavy (non-hydrogen) atoms. The number of carbonyl (C=O) groups is 1. The highest BCUT2D eigenvalue weighted by molar-refractivity contribution is 8.03. The van der Waals surface area contributed by atoms with Gasteiger partial charge in [-0.15, -0.1) is 11.8 Å². The Balaban J connectivity index is 1.79. The number of hydrogen-bond acceptors (Lipinski definition) is 4. The van der Waals surface area contributed by atoms with Crippen LogP contribution in [-0.4, -0.2) is 11.0 Å². The molecule has 3 nitrogen and oxygen atoms in total. The summed E-state index contributed by atoms with van der Waals surface area (Å²) in [6, 6.07) is 2.43. The van der Waals surface area contributed by atoms with Crippen LogP contribution in [0.3, 0.4) is 0 Å². The highest BCUT2D eigenvalue weighted by Gasteiger charge is 2.36. The van der Waals surface area contributed by atoms with E-state index < -0.39 is 0 Å². The van der Waals surface area contributed by atoms with Gasteiger partial charge in [0.1, 0.15) is 0 Å². The summed E-state index contributed by atoms with van der Waals surface area (Å²) in [6.07, 6.45) is 10.4. The van der Waals surface area contributed by atoms with Gasteiger partial charge in [-0.05, 0) is 25.7 Å². The molecular weight excluding hydrogens is 268 g/mol. The van der Waals surface area contributed by atoms with Gasteiger partial charge in [-0.3, -0.25) is 4.79 Å². The number of carbonyl (C=O) groups excluding carboxylic acids is 1. The summed E-state index contributed by atoms with van der Waals surface area (Å²) in [5.74, 6) is 0.630. The number of nitriles is 1. The Morgan fingerprint density at radius 3 is 2.85 bits per heavy atom. The van der Waals surface area contributed by atoms with Gasteiger partial charge in [0.25, 0.3) is 0 Å². The quantitative estimate of drug-likeness (QED) is 0.842. The van der Waals surface area contributed by atoms with Gasteiger partial charge >= 0.3 is 0 Å². The van der Waals surface area contributed by atoms with E-state index in [4.69, 9.17) is 0 Å². The highest BCUT2D eigenvalue weighted by atomic mass is 32.2. The van der Waals surface area contributed by atoms with E-state index in [2.05, 4.69) is 11.4 Å². The number of nitrogens with zero attached hydrogens (tertiary/aromatic N) is 1. The van der Waals surface area contributed by atoms with Gasteiger partial charge in [0.2, 0.25) is 0 Å². The van der Waals surface area contributed by atoms with Crippen molar-refractivity contribution in [3.05, 3.63) is 22.4 Å². The first kappa shape index (κ1) is 13.8. The molecule has 0 amide bonds. The Morgan fingerprint density at radius 2 is 2.05 bits per heavy atom. The number of rotatable bonds is 2. The van der Waals surface area contributed by atoms with Crippen molar-refractivity contribution in [2.24, 2.45) is 5.92 Å². The molecule has 1 N–H and O–H groups in total. The van der Waals surface area contributed by atoms with Gasteiger partial charge in [0.05, 0.1) is 16.7 Å². The largest absolute Gasteiger partial charge is 0.353 e. The lowest BCUT2D eigenvalue weighted by Crippen LogP contribution is -2.16. The average Bonchev–Trinajstić information content (AvgIpc) is 2.60. The maximum atomic E-state index is 11.5.